The van der Waals surface area contributed by atoms with Crippen LogP contribution in [0.15, 0.2) is 36.7 Å². The van der Waals surface area contributed by atoms with E-state index in [4.69, 9.17) is 0 Å². The minimum atomic E-state index is -0.816. The van der Waals surface area contributed by atoms with Gasteiger partial charge in [0.05, 0.1) is 40.7 Å². The quantitative estimate of drug-likeness (QED) is 0.737. The van der Waals surface area contributed by atoms with Crippen molar-refractivity contribution in [3.8, 4) is 0 Å². The van der Waals surface area contributed by atoms with Crippen molar-refractivity contribution in [2.75, 3.05) is 17.3 Å². The molecular weight excluding hydrogens is 361 g/mol. The Morgan fingerprint density at radius 1 is 1.32 bits per heavy atom. The second kappa shape index (κ2) is 5.82. The number of hydrogen-bond donors (Lipinski definition) is 1. The lowest BCUT2D eigenvalue weighted by atomic mass is 9.74. The first-order valence-corrected chi connectivity index (χ1v) is 9.05. The first kappa shape index (κ1) is 16.8. The number of amides is 1. The van der Waals surface area contributed by atoms with E-state index in [2.05, 4.69) is 25.4 Å². The minimum absolute atomic E-state index is 0.0575. The van der Waals surface area contributed by atoms with Crippen molar-refractivity contribution >= 4 is 28.9 Å². The number of aryl methyl sites for hydroxylation is 1. The highest BCUT2D eigenvalue weighted by molar-refractivity contribution is 6.07. The Bertz CT molecular complexity index is 1150. The van der Waals surface area contributed by atoms with Gasteiger partial charge in [0.1, 0.15) is 6.33 Å². The summed E-state index contributed by atoms with van der Waals surface area (Å²) in [5.74, 6) is 0.162. The summed E-state index contributed by atoms with van der Waals surface area (Å²) in [6.07, 6.45) is 7.43. The van der Waals surface area contributed by atoms with E-state index in [0.29, 0.717) is 30.2 Å². The first-order valence-electron chi connectivity index (χ1n) is 9.05. The standard InChI is InChI=1S/C19H18FN7O/c1-11-7-15-22-10-23-27(15)9-13(11)24-18-21-8-14-16(25-18)19(17(28)26(14)2)5-3-12(20)4-6-19/h3,7-10H,4-6H2,1-2H3,(H,21,24,25). The van der Waals surface area contributed by atoms with Crippen molar-refractivity contribution in [2.24, 2.45) is 0 Å². The average molecular weight is 379 g/mol. The molecule has 3 aromatic rings. The molecule has 1 aliphatic heterocycles. The molecule has 1 N–H and O–H groups in total. The maximum atomic E-state index is 13.6. The molecule has 4 heterocycles. The Balaban J connectivity index is 1.56. The molecule has 1 unspecified atom stereocenters. The SMILES string of the molecule is Cc1cc2ncnn2cc1Nc1ncc2c(n1)C1(CC=C(F)CC1)C(=O)N2C. The number of nitrogens with one attached hydrogen (secondary N) is 1. The van der Waals surface area contributed by atoms with Gasteiger partial charge in [-0.15, -0.1) is 0 Å². The minimum Gasteiger partial charge on any atom is -0.323 e. The Hall–Kier alpha value is -3.36. The maximum absolute atomic E-state index is 13.6. The van der Waals surface area contributed by atoms with Crippen LogP contribution in [-0.2, 0) is 10.2 Å². The van der Waals surface area contributed by atoms with Crippen molar-refractivity contribution in [1.82, 2.24) is 24.6 Å². The molecule has 0 saturated carbocycles. The predicted molar refractivity (Wildman–Crippen MR) is 101 cm³/mol. The van der Waals surface area contributed by atoms with Crippen LogP contribution in [0.4, 0.5) is 21.7 Å². The van der Waals surface area contributed by atoms with E-state index < -0.39 is 5.41 Å². The van der Waals surface area contributed by atoms with Crippen LogP contribution in [0.25, 0.3) is 5.65 Å². The molecule has 0 fully saturated rings. The van der Waals surface area contributed by atoms with Crippen LogP contribution in [0.1, 0.15) is 30.5 Å². The number of fused-ring (bicyclic) bond motifs is 3. The van der Waals surface area contributed by atoms with Crippen LogP contribution in [0, 0.1) is 6.92 Å². The molecule has 28 heavy (non-hydrogen) atoms. The van der Waals surface area contributed by atoms with Crippen LogP contribution < -0.4 is 10.2 Å². The Kier molecular flexibility index (Phi) is 3.49. The summed E-state index contributed by atoms with van der Waals surface area (Å²) in [6, 6.07) is 1.91. The summed E-state index contributed by atoms with van der Waals surface area (Å²) in [5.41, 5.74) is 3.02. The largest absolute Gasteiger partial charge is 0.323 e. The van der Waals surface area contributed by atoms with E-state index in [1.807, 2.05) is 19.2 Å². The molecule has 3 aromatic heterocycles. The zero-order valence-corrected chi connectivity index (χ0v) is 15.5. The van der Waals surface area contributed by atoms with Gasteiger partial charge >= 0.3 is 0 Å². The van der Waals surface area contributed by atoms with Gasteiger partial charge < -0.3 is 10.2 Å². The van der Waals surface area contributed by atoms with Gasteiger partial charge in [0.15, 0.2) is 5.65 Å². The molecule has 5 rings (SSSR count). The third kappa shape index (κ3) is 2.32. The summed E-state index contributed by atoms with van der Waals surface area (Å²) in [7, 11) is 1.71. The topological polar surface area (TPSA) is 88.3 Å². The summed E-state index contributed by atoms with van der Waals surface area (Å²) in [4.78, 5) is 27.8. The predicted octanol–water partition coefficient (Wildman–Crippen LogP) is 2.82. The number of rotatable bonds is 2. The van der Waals surface area contributed by atoms with Gasteiger partial charge in [-0.05, 0) is 31.4 Å². The number of carbonyl (C=O) groups excluding carboxylic acids is 1. The Labute approximate surface area is 160 Å². The Morgan fingerprint density at radius 2 is 2.18 bits per heavy atom. The van der Waals surface area contributed by atoms with Crippen LogP contribution >= 0.6 is 0 Å². The number of anilines is 3. The maximum Gasteiger partial charge on any atom is 0.239 e. The van der Waals surface area contributed by atoms with E-state index in [-0.39, 0.29) is 18.2 Å². The van der Waals surface area contributed by atoms with Gasteiger partial charge in [0, 0.05) is 13.5 Å². The van der Waals surface area contributed by atoms with E-state index in [9.17, 15) is 9.18 Å². The van der Waals surface area contributed by atoms with Gasteiger partial charge in [-0.3, -0.25) is 4.79 Å². The fraction of sp³-hybridized carbons (Fsp3) is 0.316. The smallest absolute Gasteiger partial charge is 0.239 e. The molecule has 9 heteroatoms. The lowest BCUT2D eigenvalue weighted by Crippen LogP contribution is -2.39. The molecule has 1 spiro atoms. The summed E-state index contributed by atoms with van der Waals surface area (Å²) >= 11 is 0. The van der Waals surface area contributed by atoms with Gasteiger partial charge in [0.2, 0.25) is 11.9 Å². The molecular formula is C19H18FN7O. The molecule has 0 radical (unpaired) electrons. The lowest BCUT2D eigenvalue weighted by Gasteiger charge is -2.28. The highest BCUT2D eigenvalue weighted by Gasteiger charge is 2.51. The molecule has 0 bridgehead atoms. The third-order valence-corrected chi connectivity index (χ3v) is 5.63. The monoisotopic (exact) mass is 379 g/mol. The van der Waals surface area contributed by atoms with Crippen LogP contribution in [0.2, 0.25) is 0 Å². The second-order valence-corrected chi connectivity index (χ2v) is 7.29. The van der Waals surface area contributed by atoms with E-state index in [1.165, 1.54) is 12.4 Å². The molecule has 1 atom stereocenters. The molecule has 8 nitrogen and oxygen atoms in total. The fourth-order valence-corrected chi connectivity index (χ4v) is 4.00. The molecule has 1 amide bonds. The van der Waals surface area contributed by atoms with Crippen molar-refractivity contribution in [2.45, 2.75) is 31.6 Å². The van der Waals surface area contributed by atoms with Crippen LogP contribution in [0.5, 0.6) is 0 Å². The normalized spacial score (nSPS) is 21.3. The number of carbonyl (C=O) groups is 1. The Morgan fingerprint density at radius 3 is 2.96 bits per heavy atom. The molecule has 142 valence electrons. The molecule has 2 aliphatic rings. The van der Waals surface area contributed by atoms with Gasteiger partial charge in [-0.1, -0.05) is 6.08 Å². The number of halogens is 1. The van der Waals surface area contributed by atoms with Crippen molar-refractivity contribution in [1.29, 1.82) is 0 Å². The molecule has 0 saturated heterocycles. The molecule has 1 aliphatic carbocycles. The fourth-order valence-electron chi connectivity index (χ4n) is 4.00. The van der Waals surface area contributed by atoms with E-state index in [1.54, 1.807) is 22.7 Å². The zero-order chi connectivity index (χ0) is 19.5. The summed E-state index contributed by atoms with van der Waals surface area (Å²) in [5, 5.41) is 7.36. The van der Waals surface area contributed by atoms with Crippen molar-refractivity contribution in [3.05, 3.63) is 47.9 Å². The number of allylic oxidation sites excluding steroid dienone is 2. The highest BCUT2D eigenvalue weighted by Crippen LogP contribution is 2.48. The first-order chi connectivity index (χ1) is 13.5. The van der Waals surface area contributed by atoms with Gasteiger partial charge in [-0.25, -0.2) is 23.9 Å². The third-order valence-electron chi connectivity index (χ3n) is 5.63. The number of pyridine rings is 1. The van der Waals surface area contributed by atoms with Crippen molar-refractivity contribution < 1.29 is 9.18 Å². The lowest BCUT2D eigenvalue weighted by molar-refractivity contribution is -0.123. The number of aromatic nitrogens is 5. The van der Waals surface area contributed by atoms with Gasteiger partial charge in [-0.2, -0.15) is 5.10 Å². The highest BCUT2D eigenvalue weighted by atomic mass is 19.1. The number of nitrogens with zero attached hydrogens (tertiary/aromatic N) is 6. The van der Waals surface area contributed by atoms with Crippen LogP contribution in [-0.4, -0.2) is 37.5 Å². The second-order valence-electron chi connectivity index (χ2n) is 7.29. The zero-order valence-electron chi connectivity index (χ0n) is 15.5. The summed E-state index contributed by atoms with van der Waals surface area (Å²) in [6.45, 7) is 1.96. The van der Waals surface area contributed by atoms with Crippen LogP contribution in [0.3, 0.4) is 0 Å². The number of likely N-dealkylation sites (N-methyl/N-ethyl adjacent to an activating group) is 1. The molecule has 0 aromatic carbocycles. The number of hydrogen-bond acceptors (Lipinski definition) is 6. The van der Waals surface area contributed by atoms with E-state index >= 15 is 0 Å². The van der Waals surface area contributed by atoms with Crippen molar-refractivity contribution in [3.63, 3.8) is 0 Å². The average Bonchev–Trinajstić information content (AvgIpc) is 3.21. The van der Waals surface area contributed by atoms with E-state index in [0.717, 1.165) is 16.9 Å². The van der Waals surface area contributed by atoms with Gasteiger partial charge in [0.25, 0.3) is 0 Å². The summed E-state index contributed by atoms with van der Waals surface area (Å²) < 4.78 is 15.3.